The lowest BCUT2D eigenvalue weighted by Gasteiger charge is -2.31. The van der Waals surface area contributed by atoms with Crippen molar-refractivity contribution in [2.24, 2.45) is 0 Å². The van der Waals surface area contributed by atoms with Crippen molar-refractivity contribution in [2.75, 3.05) is 93.4 Å². The number of hydrogen-bond donors (Lipinski definition) is 0. The maximum absolute atomic E-state index is 5.79. The van der Waals surface area contributed by atoms with Gasteiger partial charge in [0.1, 0.15) is 51.7 Å². The molecule has 102 heavy (non-hydrogen) atoms. The Bertz CT molecular complexity index is 4200. The summed E-state index contributed by atoms with van der Waals surface area (Å²) in [5.41, 5.74) is 12.5. The van der Waals surface area contributed by atoms with E-state index in [1.807, 2.05) is 233 Å². The van der Waals surface area contributed by atoms with Crippen molar-refractivity contribution in [1.82, 2.24) is 15.0 Å². The SMILES string of the molecule is COc1ccc(N(c2ccc(OC)cc2)c2ccc(N(c3ccc(OC)cc3)c3nc(N(c4ccc(OC)cc4)c4ccc(N(c5ccc(OC)cc5)c5ccc(OC)cc5)cc4)nc(N(c4ccc(OC)cc4)c4ccc(N(c5ccc(OC)cc5)c5ccc(OC)cc5)cc4)n3)cc2)cc1. The van der Waals surface area contributed by atoms with E-state index in [9.17, 15) is 0 Å². The fraction of sp³-hybridized carbons (Fsp3) is 0.107. The second kappa shape index (κ2) is 31.0. The quantitative estimate of drug-likeness (QED) is 0.0481. The smallest absolute Gasteiger partial charge is 0.241 e. The highest BCUT2D eigenvalue weighted by atomic mass is 16.5. The molecule has 0 saturated heterocycles. The zero-order chi connectivity index (χ0) is 70.5. The first-order valence-electron chi connectivity index (χ1n) is 32.7. The lowest BCUT2D eigenvalue weighted by atomic mass is 10.1. The summed E-state index contributed by atoms with van der Waals surface area (Å²) in [7, 11) is 14.9. The van der Waals surface area contributed by atoms with Gasteiger partial charge in [-0.3, -0.25) is 14.7 Å². The molecule has 18 nitrogen and oxygen atoms in total. The first-order valence-corrected chi connectivity index (χ1v) is 32.7. The van der Waals surface area contributed by atoms with Crippen LogP contribution in [0, 0.1) is 0 Å². The molecule has 1 aromatic heterocycles. The van der Waals surface area contributed by atoms with Gasteiger partial charge in [0.05, 0.1) is 64.0 Å². The Morgan fingerprint density at radius 2 is 0.225 bits per heavy atom. The largest absolute Gasteiger partial charge is 0.497 e. The lowest BCUT2D eigenvalue weighted by molar-refractivity contribution is 0.414. The normalized spacial score (nSPS) is 10.8. The molecule has 13 aromatic rings. The van der Waals surface area contributed by atoms with Crippen LogP contribution in [0.4, 0.5) is 103 Å². The van der Waals surface area contributed by atoms with E-state index in [4.69, 9.17) is 57.6 Å². The minimum absolute atomic E-state index is 0.274. The Labute approximate surface area is 594 Å². The van der Waals surface area contributed by atoms with Gasteiger partial charge in [0, 0.05) is 85.3 Å². The van der Waals surface area contributed by atoms with E-state index in [1.165, 1.54) is 0 Å². The molecule has 0 aliphatic rings. The summed E-state index contributed by atoms with van der Waals surface area (Å²) in [4.78, 5) is 29.6. The molecule has 0 fully saturated rings. The van der Waals surface area contributed by atoms with E-state index >= 15 is 0 Å². The van der Waals surface area contributed by atoms with Crippen LogP contribution in [0.25, 0.3) is 0 Å². The molecule has 0 aliphatic carbocycles. The van der Waals surface area contributed by atoms with Crippen LogP contribution in [0.2, 0.25) is 0 Å². The van der Waals surface area contributed by atoms with Crippen LogP contribution in [0.15, 0.2) is 291 Å². The van der Waals surface area contributed by atoms with Gasteiger partial charge in [0.25, 0.3) is 0 Å². The predicted molar refractivity (Wildman–Crippen MR) is 407 cm³/mol. The topological polar surface area (TPSA) is 141 Å². The molecule has 0 spiro atoms. The molecule has 0 unspecified atom stereocenters. The summed E-state index contributed by atoms with van der Waals surface area (Å²) in [6, 6.07) is 96.3. The number of nitrogens with zero attached hydrogens (tertiary/aromatic N) is 9. The first kappa shape index (κ1) is 67.2. The van der Waals surface area contributed by atoms with E-state index < -0.39 is 0 Å². The number of aromatic nitrogens is 3. The molecule has 510 valence electrons. The molecule has 0 bridgehead atoms. The maximum atomic E-state index is 5.79. The van der Waals surface area contributed by atoms with E-state index in [0.29, 0.717) is 17.2 Å². The molecule has 13 rings (SSSR count). The second-order valence-electron chi connectivity index (χ2n) is 23.1. The molecule has 0 aliphatic heterocycles. The number of benzene rings is 12. The summed E-state index contributed by atoms with van der Waals surface area (Å²) >= 11 is 0. The highest BCUT2D eigenvalue weighted by Gasteiger charge is 2.28. The predicted octanol–water partition coefficient (Wildman–Crippen LogP) is 20.8. The Morgan fingerprint density at radius 1 is 0.137 bits per heavy atom. The second-order valence-corrected chi connectivity index (χ2v) is 23.1. The van der Waals surface area contributed by atoms with Crippen molar-refractivity contribution in [3.63, 3.8) is 0 Å². The average Bonchev–Trinajstić information content (AvgIpc) is 0.765. The van der Waals surface area contributed by atoms with Crippen molar-refractivity contribution >= 4 is 103 Å². The van der Waals surface area contributed by atoms with Crippen LogP contribution < -0.4 is 72.0 Å². The summed E-state index contributed by atoms with van der Waals surface area (Å²) in [5.74, 6) is 7.25. The average molecular weight is 1350 g/mol. The molecule has 18 heteroatoms. The fourth-order valence-electron chi connectivity index (χ4n) is 12.0. The van der Waals surface area contributed by atoms with Crippen LogP contribution in [0.3, 0.4) is 0 Å². The standard InChI is InChI=1S/C84H75N9O9/c1-94-73-40-22-61(23-41-73)88(62-24-42-74(95-2)43-25-62)58-10-16-67(17-11-58)91(70-34-52-79(100-7)53-35-70)82-85-83(92(71-36-54-80(101-8)55-37-71)68-18-12-59(13-19-68)89(63-26-44-75(96-3)45-27-63)64-28-46-76(97-4)47-29-64)87-84(86-82)93(72-38-56-81(102-9)57-39-72)69-20-14-60(15-21-69)90(65-30-48-77(98-5)49-31-65)66-32-50-78(99-6)51-33-66/h10-57H,1-9H3. The molecule has 1 heterocycles. The van der Waals surface area contributed by atoms with Gasteiger partial charge in [0.2, 0.25) is 17.8 Å². The third-order valence-electron chi connectivity index (χ3n) is 17.3. The van der Waals surface area contributed by atoms with E-state index in [0.717, 1.165) is 120 Å². The third-order valence-corrected chi connectivity index (χ3v) is 17.3. The fourth-order valence-corrected chi connectivity index (χ4v) is 12.0. The van der Waals surface area contributed by atoms with Gasteiger partial charge >= 0.3 is 0 Å². The molecule has 0 N–H and O–H groups in total. The zero-order valence-electron chi connectivity index (χ0n) is 57.9. The Morgan fingerprint density at radius 3 is 0.324 bits per heavy atom. The van der Waals surface area contributed by atoms with Crippen molar-refractivity contribution in [3.8, 4) is 51.7 Å². The number of anilines is 18. The molecule has 0 amide bonds. The van der Waals surface area contributed by atoms with Crippen LogP contribution in [0.5, 0.6) is 51.7 Å². The maximum Gasteiger partial charge on any atom is 0.241 e. The molecule has 12 aromatic carbocycles. The lowest BCUT2D eigenvalue weighted by Crippen LogP contribution is -2.22. The summed E-state index contributed by atoms with van der Waals surface area (Å²) in [6.07, 6.45) is 0. The van der Waals surface area contributed by atoms with Gasteiger partial charge in [-0.2, -0.15) is 15.0 Å². The van der Waals surface area contributed by atoms with E-state index in [-0.39, 0.29) is 17.8 Å². The van der Waals surface area contributed by atoms with E-state index in [2.05, 4.69) is 87.5 Å². The minimum atomic E-state index is 0.274. The highest BCUT2D eigenvalue weighted by Crippen LogP contribution is 2.46. The number of methoxy groups -OCH3 is 9. The van der Waals surface area contributed by atoms with Crippen molar-refractivity contribution in [2.45, 2.75) is 0 Å². The van der Waals surface area contributed by atoms with Crippen LogP contribution in [-0.4, -0.2) is 78.9 Å². The van der Waals surface area contributed by atoms with Gasteiger partial charge in [0.15, 0.2) is 0 Å². The number of ether oxygens (including phenoxy) is 9. The molecular weight excluding hydrogens is 1280 g/mol. The highest BCUT2D eigenvalue weighted by molar-refractivity contribution is 5.86. The molecule has 0 radical (unpaired) electrons. The molecular formula is C84H75N9O9. The number of hydrogen-bond acceptors (Lipinski definition) is 18. The van der Waals surface area contributed by atoms with Crippen molar-refractivity contribution in [1.29, 1.82) is 0 Å². The van der Waals surface area contributed by atoms with Gasteiger partial charge in [-0.25, -0.2) is 0 Å². The Balaban J connectivity index is 1.03. The van der Waals surface area contributed by atoms with Gasteiger partial charge in [-0.1, -0.05) is 0 Å². The van der Waals surface area contributed by atoms with Crippen LogP contribution in [-0.2, 0) is 0 Å². The van der Waals surface area contributed by atoms with Gasteiger partial charge < -0.3 is 57.3 Å². The van der Waals surface area contributed by atoms with Crippen LogP contribution >= 0.6 is 0 Å². The van der Waals surface area contributed by atoms with Crippen molar-refractivity contribution in [3.05, 3.63) is 291 Å². The summed E-state index contributed by atoms with van der Waals surface area (Å²) in [6.45, 7) is 0. The Kier molecular flexibility index (Phi) is 20.4. The summed E-state index contributed by atoms with van der Waals surface area (Å²) < 4.78 is 51.0. The van der Waals surface area contributed by atoms with Gasteiger partial charge in [-0.05, 0) is 291 Å². The van der Waals surface area contributed by atoms with Crippen LogP contribution in [0.1, 0.15) is 0 Å². The van der Waals surface area contributed by atoms with E-state index in [1.54, 1.807) is 64.0 Å². The van der Waals surface area contributed by atoms with Gasteiger partial charge in [-0.15, -0.1) is 0 Å². The molecule has 0 atom stereocenters. The third kappa shape index (κ3) is 14.6. The Hall–Kier alpha value is -13.4. The zero-order valence-corrected chi connectivity index (χ0v) is 57.9. The monoisotopic (exact) mass is 1350 g/mol. The minimum Gasteiger partial charge on any atom is -0.497 e. The number of rotatable bonds is 27. The molecule has 0 saturated carbocycles. The first-order chi connectivity index (χ1) is 50.1. The van der Waals surface area contributed by atoms with Crippen molar-refractivity contribution < 1.29 is 42.6 Å². The summed E-state index contributed by atoms with van der Waals surface area (Å²) in [5, 5.41) is 0.